The maximum Gasteiger partial charge on any atom is 0.304 e. The van der Waals surface area contributed by atoms with Gasteiger partial charge in [0.15, 0.2) is 5.78 Å². The summed E-state index contributed by atoms with van der Waals surface area (Å²) in [4.78, 5) is 34.2. The maximum atomic E-state index is 11.9. The zero-order valence-corrected chi connectivity index (χ0v) is 9.65. The van der Waals surface area contributed by atoms with Gasteiger partial charge in [0, 0.05) is 0 Å². The predicted molar refractivity (Wildman–Crippen MR) is 62.8 cm³/mol. The average Bonchev–Trinajstić information content (AvgIpc) is 2.54. The number of carbonyl (C=O) groups is 3. The molecule has 0 spiro atoms. The molecule has 0 radical (unpaired) electrons. The third-order valence-corrected chi connectivity index (χ3v) is 3.74. The van der Waals surface area contributed by atoms with Crippen LogP contribution in [0.4, 0.5) is 0 Å². The van der Waals surface area contributed by atoms with Gasteiger partial charge in [0.1, 0.15) is 5.92 Å². The van der Waals surface area contributed by atoms with Crippen molar-refractivity contribution < 1.29 is 19.5 Å². The first kappa shape index (κ1) is 11.9. The second kappa shape index (κ2) is 4.71. The summed E-state index contributed by atoms with van der Waals surface area (Å²) < 4.78 is 0. The first-order chi connectivity index (χ1) is 8.09. The van der Waals surface area contributed by atoms with E-state index in [0.717, 1.165) is 11.8 Å². The quantitative estimate of drug-likeness (QED) is 0.822. The molecule has 0 aliphatic carbocycles. The Bertz CT molecular complexity index is 469. The van der Waals surface area contributed by atoms with Crippen molar-refractivity contribution in [3.8, 4) is 0 Å². The van der Waals surface area contributed by atoms with Crippen LogP contribution >= 0.6 is 11.8 Å². The number of carboxylic acid groups (broad SMARTS) is 1. The molecule has 2 atom stereocenters. The minimum Gasteiger partial charge on any atom is -0.481 e. The number of rotatable bonds is 3. The van der Waals surface area contributed by atoms with Gasteiger partial charge in [-0.2, -0.15) is 0 Å². The molecule has 1 aromatic carbocycles. The molecular formula is C12H10O4S. The number of ketones is 1. The fourth-order valence-corrected chi connectivity index (χ4v) is 2.96. The number of hydrogen-bond donors (Lipinski definition) is 1. The second-order valence-electron chi connectivity index (χ2n) is 3.77. The van der Waals surface area contributed by atoms with Crippen molar-refractivity contribution >= 4 is 28.6 Å². The minimum atomic E-state index is -1.06. The first-order valence-electron chi connectivity index (χ1n) is 5.10. The molecule has 2 unspecified atom stereocenters. The Morgan fingerprint density at radius 3 is 2.47 bits per heavy atom. The summed E-state index contributed by atoms with van der Waals surface area (Å²) in [5, 5.41) is 7.66. The molecule has 88 valence electrons. The van der Waals surface area contributed by atoms with E-state index < -0.39 is 17.1 Å². The highest BCUT2D eigenvalue weighted by Gasteiger charge is 2.43. The van der Waals surface area contributed by atoms with Crippen LogP contribution < -0.4 is 0 Å². The topological polar surface area (TPSA) is 71.4 Å². The predicted octanol–water partition coefficient (Wildman–Crippen LogP) is 1.46. The van der Waals surface area contributed by atoms with Gasteiger partial charge in [-0.15, -0.1) is 0 Å². The molecule has 1 heterocycles. The van der Waals surface area contributed by atoms with E-state index in [4.69, 9.17) is 5.11 Å². The minimum absolute atomic E-state index is 0.257. The molecule has 1 fully saturated rings. The number of thioether (sulfide) groups is 1. The van der Waals surface area contributed by atoms with E-state index in [2.05, 4.69) is 0 Å². The summed E-state index contributed by atoms with van der Waals surface area (Å²) in [6.45, 7) is 0. The van der Waals surface area contributed by atoms with Crippen molar-refractivity contribution in [1.29, 1.82) is 0 Å². The number of hydrogen-bond acceptors (Lipinski definition) is 4. The Morgan fingerprint density at radius 2 is 1.88 bits per heavy atom. The van der Waals surface area contributed by atoms with Crippen LogP contribution in [0.5, 0.6) is 0 Å². The van der Waals surface area contributed by atoms with Crippen LogP contribution in [0.15, 0.2) is 30.3 Å². The van der Waals surface area contributed by atoms with Crippen molar-refractivity contribution in [1.82, 2.24) is 0 Å². The van der Waals surface area contributed by atoms with Gasteiger partial charge < -0.3 is 5.11 Å². The van der Waals surface area contributed by atoms with Gasteiger partial charge in [0.2, 0.25) is 5.12 Å². The third kappa shape index (κ3) is 2.39. The molecule has 1 saturated heterocycles. The lowest BCUT2D eigenvalue weighted by molar-refractivity contribution is -0.138. The summed E-state index contributed by atoms with van der Waals surface area (Å²) in [7, 11) is 0. The van der Waals surface area contributed by atoms with Gasteiger partial charge in [-0.25, -0.2) is 0 Å². The standard InChI is InChI=1S/C12H10O4S/c13-9(14)6-8-11(15)10(12(16)17-8)7-4-2-1-3-5-7/h1-5,8,10H,6H2,(H,13,14). The number of aliphatic carboxylic acids is 1. The molecule has 1 aliphatic heterocycles. The number of Topliss-reactive ketones (excluding diaryl/α,β-unsaturated/α-hetero) is 1. The smallest absolute Gasteiger partial charge is 0.304 e. The molecule has 1 aliphatic rings. The van der Waals surface area contributed by atoms with Crippen molar-refractivity contribution in [2.24, 2.45) is 0 Å². The van der Waals surface area contributed by atoms with Gasteiger partial charge in [0.05, 0.1) is 11.7 Å². The van der Waals surface area contributed by atoms with Crippen molar-refractivity contribution in [3.05, 3.63) is 35.9 Å². The lowest BCUT2D eigenvalue weighted by Crippen LogP contribution is -2.20. The third-order valence-electron chi connectivity index (χ3n) is 2.59. The Kier molecular flexibility index (Phi) is 3.28. The van der Waals surface area contributed by atoms with Crippen LogP contribution in [0.25, 0.3) is 0 Å². The molecular weight excluding hydrogens is 240 g/mol. The normalized spacial score (nSPS) is 24.0. The monoisotopic (exact) mass is 250 g/mol. The van der Waals surface area contributed by atoms with Crippen molar-refractivity contribution in [2.45, 2.75) is 17.6 Å². The van der Waals surface area contributed by atoms with Crippen LogP contribution in [0.3, 0.4) is 0 Å². The Labute approximate surface area is 102 Å². The van der Waals surface area contributed by atoms with Crippen LogP contribution in [0.1, 0.15) is 17.9 Å². The molecule has 0 aromatic heterocycles. The Balaban J connectivity index is 2.23. The molecule has 17 heavy (non-hydrogen) atoms. The van der Waals surface area contributed by atoms with E-state index in [1.54, 1.807) is 30.3 Å². The molecule has 5 heteroatoms. The molecule has 4 nitrogen and oxygen atoms in total. The van der Waals surface area contributed by atoms with Gasteiger partial charge in [-0.1, -0.05) is 42.1 Å². The van der Waals surface area contributed by atoms with Crippen molar-refractivity contribution in [2.75, 3.05) is 0 Å². The first-order valence-corrected chi connectivity index (χ1v) is 5.98. The zero-order valence-electron chi connectivity index (χ0n) is 8.83. The summed E-state index contributed by atoms with van der Waals surface area (Å²) in [5.74, 6) is -2.16. The zero-order chi connectivity index (χ0) is 12.4. The van der Waals surface area contributed by atoms with Gasteiger partial charge in [-0.05, 0) is 5.56 Å². The fraction of sp³-hybridized carbons (Fsp3) is 0.250. The van der Waals surface area contributed by atoms with E-state index in [9.17, 15) is 14.4 Å². The summed E-state index contributed by atoms with van der Waals surface area (Å²) >= 11 is 0.836. The summed E-state index contributed by atoms with van der Waals surface area (Å²) in [5.41, 5.74) is 0.642. The SMILES string of the molecule is O=C(O)CC1SC(=O)C(c2ccccc2)C1=O. The number of carboxylic acids is 1. The van der Waals surface area contributed by atoms with E-state index in [0.29, 0.717) is 5.56 Å². The van der Waals surface area contributed by atoms with E-state index in [1.807, 2.05) is 0 Å². The molecule has 2 rings (SSSR count). The number of benzene rings is 1. The van der Waals surface area contributed by atoms with Gasteiger partial charge >= 0.3 is 5.97 Å². The fourth-order valence-electron chi connectivity index (χ4n) is 1.82. The van der Waals surface area contributed by atoms with Gasteiger partial charge in [-0.3, -0.25) is 14.4 Å². The second-order valence-corrected chi connectivity index (χ2v) is 4.98. The largest absolute Gasteiger partial charge is 0.481 e. The highest BCUT2D eigenvalue weighted by Crippen LogP contribution is 2.37. The lowest BCUT2D eigenvalue weighted by atomic mass is 9.94. The molecule has 1 N–H and O–H groups in total. The summed E-state index contributed by atoms with van der Waals surface area (Å²) in [6.07, 6.45) is -0.293. The van der Waals surface area contributed by atoms with Gasteiger partial charge in [0.25, 0.3) is 0 Å². The number of carbonyl (C=O) groups excluding carboxylic acids is 2. The highest BCUT2D eigenvalue weighted by atomic mass is 32.2. The van der Waals surface area contributed by atoms with Crippen molar-refractivity contribution in [3.63, 3.8) is 0 Å². The molecule has 0 amide bonds. The Hall–Kier alpha value is -1.62. The van der Waals surface area contributed by atoms with E-state index in [1.165, 1.54) is 0 Å². The summed E-state index contributed by atoms with van der Waals surface area (Å²) in [6, 6.07) is 8.74. The molecule has 0 bridgehead atoms. The van der Waals surface area contributed by atoms with Crippen LogP contribution in [0, 0.1) is 0 Å². The van der Waals surface area contributed by atoms with Crippen LogP contribution in [-0.4, -0.2) is 27.2 Å². The maximum absolute atomic E-state index is 11.9. The average molecular weight is 250 g/mol. The highest BCUT2D eigenvalue weighted by molar-refractivity contribution is 8.15. The van der Waals surface area contributed by atoms with E-state index >= 15 is 0 Å². The Morgan fingerprint density at radius 1 is 1.24 bits per heavy atom. The van der Waals surface area contributed by atoms with E-state index in [-0.39, 0.29) is 17.3 Å². The lowest BCUT2D eigenvalue weighted by Gasteiger charge is -2.06. The molecule has 0 saturated carbocycles. The van der Waals surface area contributed by atoms with Crippen LogP contribution in [-0.2, 0) is 14.4 Å². The molecule has 1 aromatic rings. The van der Waals surface area contributed by atoms with Crippen LogP contribution in [0.2, 0.25) is 0 Å².